The van der Waals surface area contributed by atoms with E-state index in [0.29, 0.717) is 32.7 Å². The minimum absolute atomic E-state index is 0.277. The summed E-state index contributed by atoms with van der Waals surface area (Å²) < 4.78 is 5.36. The standard InChI is InChI=1S/C25H23Cl3N2O2/c1-2-32-25(31)21-14-20(19-10-9-17(27)12-22(19)28)24(15-5-7-16(26)8-6-15)30-23(21)13-18-4-3-11-29-18/h5-10,12,14,18,29H,2-4,11,13H2,1H3. The second kappa shape index (κ2) is 10.2. The second-order valence-electron chi connectivity index (χ2n) is 7.73. The smallest absolute Gasteiger partial charge is 0.340 e. The fraction of sp³-hybridized carbons (Fsp3) is 0.280. The average molecular weight is 490 g/mol. The zero-order valence-electron chi connectivity index (χ0n) is 17.6. The van der Waals surface area contributed by atoms with Gasteiger partial charge >= 0.3 is 5.97 Å². The van der Waals surface area contributed by atoms with Gasteiger partial charge in [0.25, 0.3) is 0 Å². The minimum Gasteiger partial charge on any atom is -0.462 e. The van der Waals surface area contributed by atoms with E-state index in [0.717, 1.165) is 41.8 Å². The lowest BCUT2D eigenvalue weighted by atomic mass is 9.94. The quantitative estimate of drug-likeness (QED) is 0.385. The molecule has 2 heterocycles. The van der Waals surface area contributed by atoms with E-state index < -0.39 is 0 Å². The zero-order valence-corrected chi connectivity index (χ0v) is 19.9. The number of aromatic nitrogens is 1. The molecule has 4 nitrogen and oxygen atoms in total. The van der Waals surface area contributed by atoms with Crippen molar-refractivity contribution in [1.29, 1.82) is 0 Å². The van der Waals surface area contributed by atoms with Gasteiger partial charge in [0, 0.05) is 44.2 Å². The SMILES string of the molecule is CCOC(=O)c1cc(-c2ccc(Cl)cc2Cl)c(-c2ccc(Cl)cc2)nc1CC1CCCN1. The van der Waals surface area contributed by atoms with Crippen LogP contribution in [0.1, 0.15) is 35.8 Å². The molecular formula is C25H23Cl3N2O2. The molecule has 1 fully saturated rings. The Morgan fingerprint density at radius 3 is 2.47 bits per heavy atom. The highest BCUT2D eigenvalue weighted by Crippen LogP contribution is 2.38. The van der Waals surface area contributed by atoms with Crippen molar-refractivity contribution in [3.8, 4) is 22.4 Å². The first-order valence-corrected chi connectivity index (χ1v) is 11.8. The number of halogens is 3. The Morgan fingerprint density at radius 1 is 1.06 bits per heavy atom. The van der Waals surface area contributed by atoms with Gasteiger partial charge in [0.05, 0.1) is 23.6 Å². The van der Waals surface area contributed by atoms with Crippen LogP contribution in [0.5, 0.6) is 0 Å². The fourth-order valence-corrected chi connectivity index (χ4v) is 4.63. The van der Waals surface area contributed by atoms with Gasteiger partial charge in [-0.1, -0.05) is 53.0 Å². The molecule has 1 aliphatic rings. The van der Waals surface area contributed by atoms with E-state index in [4.69, 9.17) is 44.5 Å². The number of carbonyl (C=O) groups excluding carboxylic acids is 1. The van der Waals surface area contributed by atoms with E-state index in [1.807, 2.05) is 36.4 Å². The van der Waals surface area contributed by atoms with Crippen molar-refractivity contribution >= 4 is 40.8 Å². The number of pyridine rings is 1. The fourth-order valence-electron chi connectivity index (χ4n) is 4.00. The maximum atomic E-state index is 12.9. The Kier molecular flexibility index (Phi) is 7.37. The molecule has 0 saturated carbocycles. The summed E-state index contributed by atoms with van der Waals surface area (Å²) in [6.45, 7) is 3.06. The molecule has 0 aliphatic carbocycles. The number of esters is 1. The maximum Gasteiger partial charge on any atom is 0.340 e. The third-order valence-electron chi connectivity index (χ3n) is 5.54. The van der Waals surface area contributed by atoms with Crippen molar-refractivity contribution in [1.82, 2.24) is 10.3 Å². The van der Waals surface area contributed by atoms with Crippen molar-refractivity contribution in [3.05, 3.63) is 74.9 Å². The lowest BCUT2D eigenvalue weighted by Crippen LogP contribution is -2.25. The van der Waals surface area contributed by atoms with Gasteiger partial charge in [-0.25, -0.2) is 4.79 Å². The van der Waals surface area contributed by atoms with Gasteiger partial charge in [0.1, 0.15) is 0 Å². The normalized spacial score (nSPS) is 15.7. The first-order chi connectivity index (χ1) is 15.5. The average Bonchev–Trinajstić information content (AvgIpc) is 3.28. The lowest BCUT2D eigenvalue weighted by Gasteiger charge is -2.18. The topological polar surface area (TPSA) is 51.2 Å². The van der Waals surface area contributed by atoms with Crippen molar-refractivity contribution in [3.63, 3.8) is 0 Å². The van der Waals surface area contributed by atoms with Crippen molar-refractivity contribution in [2.75, 3.05) is 13.2 Å². The number of carbonyl (C=O) groups is 1. The summed E-state index contributed by atoms with van der Waals surface area (Å²) in [7, 11) is 0. The highest BCUT2D eigenvalue weighted by Gasteiger charge is 2.24. The molecule has 1 aliphatic heterocycles. The van der Waals surface area contributed by atoms with Crippen LogP contribution in [0.25, 0.3) is 22.4 Å². The van der Waals surface area contributed by atoms with E-state index in [-0.39, 0.29) is 18.6 Å². The number of rotatable bonds is 6. The van der Waals surface area contributed by atoms with E-state index in [1.165, 1.54) is 0 Å². The van der Waals surface area contributed by atoms with Crippen LogP contribution in [0, 0.1) is 0 Å². The minimum atomic E-state index is -0.387. The van der Waals surface area contributed by atoms with Crippen LogP contribution >= 0.6 is 34.8 Å². The molecule has 4 rings (SSSR count). The predicted octanol–water partition coefficient (Wildman–Crippen LogP) is 6.85. The summed E-state index contributed by atoms with van der Waals surface area (Å²) in [5.74, 6) is -0.387. The highest BCUT2D eigenvalue weighted by molar-refractivity contribution is 6.36. The van der Waals surface area contributed by atoms with Crippen molar-refractivity contribution < 1.29 is 9.53 Å². The van der Waals surface area contributed by atoms with Crippen LogP contribution in [-0.4, -0.2) is 30.1 Å². The number of ether oxygens (including phenoxy) is 1. The third kappa shape index (κ3) is 5.10. The van der Waals surface area contributed by atoms with E-state index in [1.54, 1.807) is 19.1 Å². The molecule has 0 spiro atoms. The van der Waals surface area contributed by atoms with Crippen LogP contribution in [-0.2, 0) is 11.2 Å². The molecule has 3 aromatic rings. The van der Waals surface area contributed by atoms with E-state index in [9.17, 15) is 4.79 Å². The summed E-state index contributed by atoms with van der Waals surface area (Å²) >= 11 is 18.8. The maximum absolute atomic E-state index is 12.9. The van der Waals surface area contributed by atoms with Gasteiger partial charge < -0.3 is 10.1 Å². The number of nitrogens with one attached hydrogen (secondary N) is 1. The van der Waals surface area contributed by atoms with Gasteiger partial charge in [-0.3, -0.25) is 4.98 Å². The number of benzene rings is 2. The van der Waals surface area contributed by atoms with E-state index >= 15 is 0 Å². The first kappa shape index (κ1) is 23.1. The summed E-state index contributed by atoms with van der Waals surface area (Å²) in [5, 5.41) is 5.14. The number of hydrogen-bond donors (Lipinski definition) is 1. The monoisotopic (exact) mass is 488 g/mol. The molecule has 7 heteroatoms. The molecule has 166 valence electrons. The summed E-state index contributed by atoms with van der Waals surface area (Å²) in [5.41, 5.74) is 4.25. The van der Waals surface area contributed by atoms with Gasteiger partial charge in [0.15, 0.2) is 0 Å². The molecule has 0 amide bonds. The Balaban J connectivity index is 1.93. The number of nitrogens with zero attached hydrogens (tertiary/aromatic N) is 1. The van der Waals surface area contributed by atoms with Crippen LogP contribution in [0.3, 0.4) is 0 Å². The Labute approximate surface area is 202 Å². The summed E-state index contributed by atoms with van der Waals surface area (Å²) in [6, 6.07) is 14.9. The highest BCUT2D eigenvalue weighted by atomic mass is 35.5. The molecule has 1 atom stereocenters. The van der Waals surface area contributed by atoms with Gasteiger partial charge in [-0.15, -0.1) is 0 Å². The molecular weight excluding hydrogens is 467 g/mol. The van der Waals surface area contributed by atoms with E-state index in [2.05, 4.69) is 5.32 Å². The van der Waals surface area contributed by atoms with Crippen LogP contribution in [0.4, 0.5) is 0 Å². The van der Waals surface area contributed by atoms with Gasteiger partial charge in [-0.2, -0.15) is 0 Å². The molecule has 1 N–H and O–H groups in total. The second-order valence-corrected chi connectivity index (χ2v) is 9.01. The third-order valence-corrected chi connectivity index (χ3v) is 6.34. The molecule has 32 heavy (non-hydrogen) atoms. The summed E-state index contributed by atoms with van der Waals surface area (Å²) in [4.78, 5) is 17.9. The predicted molar refractivity (Wildman–Crippen MR) is 131 cm³/mol. The molecule has 1 saturated heterocycles. The lowest BCUT2D eigenvalue weighted by molar-refractivity contribution is 0.0524. The summed E-state index contributed by atoms with van der Waals surface area (Å²) in [6.07, 6.45) is 2.80. The Morgan fingerprint density at radius 2 is 1.81 bits per heavy atom. The van der Waals surface area contributed by atoms with Crippen molar-refractivity contribution in [2.24, 2.45) is 0 Å². The first-order valence-electron chi connectivity index (χ1n) is 10.6. The van der Waals surface area contributed by atoms with Gasteiger partial charge in [0.2, 0.25) is 0 Å². The largest absolute Gasteiger partial charge is 0.462 e. The molecule has 0 radical (unpaired) electrons. The molecule has 0 bridgehead atoms. The Hall–Kier alpha value is -2.11. The zero-order chi connectivity index (χ0) is 22.7. The van der Waals surface area contributed by atoms with Gasteiger partial charge in [-0.05, 0) is 56.6 Å². The van der Waals surface area contributed by atoms with Crippen LogP contribution in [0.2, 0.25) is 15.1 Å². The van der Waals surface area contributed by atoms with Crippen molar-refractivity contribution in [2.45, 2.75) is 32.2 Å². The molecule has 2 aromatic carbocycles. The molecule has 1 aromatic heterocycles. The van der Waals surface area contributed by atoms with Crippen LogP contribution < -0.4 is 5.32 Å². The Bertz CT molecular complexity index is 1130. The number of hydrogen-bond acceptors (Lipinski definition) is 4. The van der Waals surface area contributed by atoms with Crippen LogP contribution in [0.15, 0.2) is 48.5 Å². The molecule has 1 unspecified atom stereocenters.